The molecule has 23 heavy (non-hydrogen) atoms. The van der Waals surface area contributed by atoms with Crippen molar-refractivity contribution in [2.45, 2.75) is 18.9 Å². The molecule has 6 nitrogen and oxygen atoms in total. The number of nitrogens with one attached hydrogen (secondary N) is 2. The van der Waals surface area contributed by atoms with Gasteiger partial charge >= 0.3 is 0 Å². The van der Waals surface area contributed by atoms with E-state index in [9.17, 15) is 4.79 Å². The predicted molar refractivity (Wildman–Crippen MR) is 85.6 cm³/mol. The van der Waals surface area contributed by atoms with Crippen LogP contribution in [0.25, 0.3) is 0 Å². The summed E-state index contributed by atoms with van der Waals surface area (Å²) < 4.78 is 15.9. The van der Waals surface area contributed by atoms with Gasteiger partial charge in [-0.3, -0.25) is 4.79 Å². The summed E-state index contributed by atoms with van der Waals surface area (Å²) in [7, 11) is 4.65. The van der Waals surface area contributed by atoms with Crippen molar-refractivity contribution in [1.29, 1.82) is 0 Å². The van der Waals surface area contributed by atoms with Crippen molar-refractivity contribution < 1.29 is 23.9 Å². The Morgan fingerprint density at radius 1 is 1.09 bits per heavy atom. The number of hydrogen-bond acceptors (Lipinski definition) is 4. The Kier molecular flexibility index (Phi) is 4.61. The molecule has 3 aliphatic rings. The molecule has 2 bridgehead atoms. The minimum Gasteiger partial charge on any atom is -0.493 e. The summed E-state index contributed by atoms with van der Waals surface area (Å²) in [6, 6.07) is 3.66. The van der Waals surface area contributed by atoms with Crippen LogP contribution >= 0.6 is 0 Å². The van der Waals surface area contributed by atoms with Crippen LogP contribution < -0.4 is 24.4 Å². The first kappa shape index (κ1) is 15.9. The first-order valence-corrected chi connectivity index (χ1v) is 8.10. The van der Waals surface area contributed by atoms with Gasteiger partial charge < -0.3 is 24.4 Å². The summed E-state index contributed by atoms with van der Waals surface area (Å²) in [5.41, 5.74) is 0.533. The van der Waals surface area contributed by atoms with Crippen LogP contribution in [0.1, 0.15) is 23.2 Å². The van der Waals surface area contributed by atoms with Gasteiger partial charge in [0.1, 0.15) is 0 Å². The second kappa shape index (κ2) is 6.66. The van der Waals surface area contributed by atoms with Gasteiger partial charge in [-0.2, -0.15) is 0 Å². The lowest BCUT2D eigenvalue weighted by molar-refractivity contribution is -0.917. The van der Waals surface area contributed by atoms with Crippen LogP contribution in [0, 0.1) is 5.92 Å². The maximum absolute atomic E-state index is 12.7. The smallest absolute Gasteiger partial charge is 0.251 e. The molecular formula is C17H25N2O4+. The molecule has 3 heterocycles. The number of amides is 1. The highest BCUT2D eigenvalue weighted by Gasteiger charge is 2.38. The van der Waals surface area contributed by atoms with Gasteiger partial charge in [-0.25, -0.2) is 0 Å². The van der Waals surface area contributed by atoms with Crippen molar-refractivity contribution in [2.24, 2.45) is 5.92 Å². The molecule has 1 aromatic rings. The van der Waals surface area contributed by atoms with Gasteiger partial charge in [0.05, 0.1) is 47.0 Å². The van der Waals surface area contributed by atoms with Crippen molar-refractivity contribution in [2.75, 3.05) is 41.0 Å². The fourth-order valence-corrected chi connectivity index (χ4v) is 3.77. The van der Waals surface area contributed by atoms with Gasteiger partial charge in [-0.15, -0.1) is 0 Å². The van der Waals surface area contributed by atoms with E-state index in [0.29, 0.717) is 28.7 Å². The third-order valence-corrected chi connectivity index (χ3v) is 5.06. The number of hydrogen-bond donors (Lipinski definition) is 2. The van der Waals surface area contributed by atoms with E-state index < -0.39 is 0 Å². The molecule has 0 spiro atoms. The topological polar surface area (TPSA) is 61.2 Å². The zero-order valence-electron chi connectivity index (χ0n) is 14.0. The summed E-state index contributed by atoms with van der Waals surface area (Å²) in [5.74, 6) is 2.02. The second-order valence-corrected chi connectivity index (χ2v) is 6.29. The Bertz CT molecular complexity index is 557. The average molecular weight is 321 g/mol. The van der Waals surface area contributed by atoms with Gasteiger partial charge in [0, 0.05) is 18.4 Å². The third kappa shape index (κ3) is 3.08. The molecule has 3 fully saturated rings. The van der Waals surface area contributed by atoms with E-state index in [4.69, 9.17) is 14.2 Å². The van der Waals surface area contributed by atoms with Crippen LogP contribution in [0.5, 0.6) is 17.2 Å². The third-order valence-electron chi connectivity index (χ3n) is 5.06. The lowest BCUT2D eigenvalue weighted by Gasteiger charge is -2.42. The summed E-state index contributed by atoms with van der Waals surface area (Å²) >= 11 is 0. The van der Waals surface area contributed by atoms with E-state index in [1.807, 2.05) is 0 Å². The number of rotatable bonds is 5. The zero-order chi connectivity index (χ0) is 16.4. The lowest BCUT2D eigenvalue weighted by atomic mass is 9.84. The van der Waals surface area contributed by atoms with E-state index in [1.165, 1.54) is 25.9 Å². The Balaban J connectivity index is 1.79. The molecule has 1 amide bonds. The molecule has 2 N–H and O–H groups in total. The van der Waals surface area contributed by atoms with Crippen molar-refractivity contribution in [3.05, 3.63) is 17.7 Å². The van der Waals surface area contributed by atoms with Crippen LogP contribution in [0.3, 0.4) is 0 Å². The molecule has 6 heteroatoms. The highest BCUT2D eigenvalue weighted by molar-refractivity contribution is 5.95. The molecule has 3 saturated heterocycles. The van der Waals surface area contributed by atoms with Crippen LogP contribution in [0.4, 0.5) is 0 Å². The Morgan fingerprint density at radius 2 is 1.70 bits per heavy atom. The minimum atomic E-state index is -0.0811. The highest BCUT2D eigenvalue weighted by atomic mass is 16.5. The van der Waals surface area contributed by atoms with Gasteiger partial charge in [0.15, 0.2) is 11.5 Å². The lowest BCUT2D eigenvalue weighted by Crippen LogP contribution is -3.17. The quantitative estimate of drug-likeness (QED) is 0.809. The van der Waals surface area contributed by atoms with Gasteiger partial charge in [-0.1, -0.05) is 0 Å². The first-order chi connectivity index (χ1) is 11.2. The number of carbonyl (C=O) groups excluding carboxylic acids is 1. The highest BCUT2D eigenvalue weighted by Crippen LogP contribution is 2.38. The van der Waals surface area contributed by atoms with Crippen molar-refractivity contribution in [3.8, 4) is 17.2 Å². The van der Waals surface area contributed by atoms with Crippen molar-refractivity contribution >= 4 is 5.91 Å². The standard InChI is InChI=1S/C17H24N2O4/c1-21-14-8-12(9-15(22-2)16(14)23-3)17(20)18-13-10-19-6-4-11(13)5-7-19/h8-9,11,13H,4-7,10H2,1-3H3,(H,18,20)/p+1/t13-/m0/s1. The van der Waals surface area contributed by atoms with Crippen LogP contribution in [0.2, 0.25) is 0 Å². The predicted octanol–water partition coefficient (Wildman–Crippen LogP) is 0.119. The number of benzene rings is 1. The SMILES string of the molecule is COc1cc(C(=O)N[C@H]2C[NH+]3CCC2CC3)cc(OC)c1OC. The fraction of sp³-hybridized carbons (Fsp3) is 0.588. The maximum atomic E-state index is 12.7. The van der Waals surface area contributed by atoms with Crippen LogP contribution in [-0.4, -0.2) is 52.9 Å². The molecule has 1 aromatic carbocycles. The van der Waals surface area contributed by atoms with Crippen LogP contribution in [0.15, 0.2) is 12.1 Å². The Hall–Kier alpha value is -1.95. The molecule has 1 atom stereocenters. The van der Waals surface area contributed by atoms with E-state index in [-0.39, 0.29) is 11.9 Å². The van der Waals surface area contributed by atoms with Crippen LogP contribution in [-0.2, 0) is 0 Å². The molecule has 0 saturated carbocycles. The summed E-state index contributed by atoms with van der Waals surface area (Å²) in [4.78, 5) is 14.3. The van der Waals surface area contributed by atoms with Gasteiger partial charge in [0.25, 0.3) is 5.91 Å². The second-order valence-electron chi connectivity index (χ2n) is 6.29. The molecule has 0 aliphatic carbocycles. The largest absolute Gasteiger partial charge is 0.493 e. The van der Waals surface area contributed by atoms with Crippen molar-refractivity contribution in [1.82, 2.24) is 5.32 Å². The number of piperidine rings is 3. The van der Waals surface area contributed by atoms with E-state index >= 15 is 0 Å². The molecule has 0 radical (unpaired) electrons. The van der Waals surface area contributed by atoms with E-state index in [0.717, 1.165) is 6.54 Å². The van der Waals surface area contributed by atoms with Gasteiger partial charge in [-0.05, 0) is 18.1 Å². The molecule has 3 aliphatic heterocycles. The summed E-state index contributed by atoms with van der Waals surface area (Å²) in [6.45, 7) is 3.50. The molecule has 4 rings (SSSR count). The minimum absolute atomic E-state index is 0.0811. The number of carbonyl (C=O) groups is 1. The molecule has 0 aromatic heterocycles. The summed E-state index contributed by atoms with van der Waals surface area (Å²) in [5, 5.41) is 3.19. The molecule has 126 valence electrons. The average Bonchev–Trinajstić information content (AvgIpc) is 2.61. The number of ether oxygens (including phenoxy) is 3. The zero-order valence-corrected chi connectivity index (χ0v) is 14.0. The first-order valence-electron chi connectivity index (χ1n) is 8.10. The monoisotopic (exact) mass is 321 g/mol. The Labute approximate surface area is 136 Å². The number of methoxy groups -OCH3 is 3. The normalized spacial score (nSPS) is 25.8. The number of fused-ring (bicyclic) bond motifs is 3. The fourth-order valence-electron chi connectivity index (χ4n) is 3.77. The van der Waals surface area contributed by atoms with Gasteiger partial charge in [0.2, 0.25) is 5.75 Å². The molecule has 0 unspecified atom stereocenters. The molecular weight excluding hydrogens is 296 g/mol. The van der Waals surface area contributed by atoms with E-state index in [1.54, 1.807) is 38.4 Å². The van der Waals surface area contributed by atoms with E-state index in [2.05, 4.69) is 5.32 Å². The maximum Gasteiger partial charge on any atom is 0.251 e. The Morgan fingerprint density at radius 3 is 2.13 bits per heavy atom. The van der Waals surface area contributed by atoms with Crippen molar-refractivity contribution in [3.63, 3.8) is 0 Å². The summed E-state index contributed by atoms with van der Waals surface area (Å²) in [6.07, 6.45) is 2.41. The number of quaternary nitrogens is 1.